The highest BCUT2D eigenvalue weighted by Crippen LogP contribution is 2.53. The molecule has 0 spiro atoms. The highest BCUT2D eigenvalue weighted by atomic mass is 14.9. The van der Waals surface area contributed by atoms with Crippen molar-refractivity contribution >= 4 is 0 Å². The third-order valence-corrected chi connectivity index (χ3v) is 5.24. The minimum absolute atomic E-state index is 0.851. The zero-order valence-electron chi connectivity index (χ0n) is 10.3. The van der Waals surface area contributed by atoms with Crippen molar-refractivity contribution in [1.29, 1.82) is 0 Å². The third kappa shape index (κ3) is 2.02. The molecule has 4 saturated carbocycles. The summed E-state index contributed by atoms with van der Waals surface area (Å²) in [6.07, 6.45) is 10.1. The average molecular weight is 222 g/mol. The Morgan fingerprint density at radius 2 is 1.50 bits per heavy atom. The molecule has 16 heavy (non-hydrogen) atoms. The summed E-state index contributed by atoms with van der Waals surface area (Å²) in [6, 6.07) is 0.866. The van der Waals surface area contributed by atoms with Crippen molar-refractivity contribution < 1.29 is 0 Å². The molecule has 0 unspecified atom stereocenters. The quantitative estimate of drug-likeness (QED) is 0.699. The Kier molecular flexibility index (Phi) is 3.21. The van der Waals surface area contributed by atoms with Crippen molar-refractivity contribution in [3.05, 3.63) is 0 Å². The van der Waals surface area contributed by atoms with Gasteiger partial charge in [0.2, 0.25) is 0 Å². The lowest BCUT2D eigenvalue weighted by Gasteiger charge is -2.54. The monoisotopic (exact) mass is 222 g/mol. The lowest BCUT2D eigenvalue weighted by Crippen LogP contribution is -2.54. The Bertz CT molecular complexity index is 211. The van der Waals surface area contributed by atoms with Crippen molar-refractivity contribution in [2.75, 3.05) is 13.1 Å². The smallest absolute Gasteiger partial charge is 0.0124 e. The van der Waals surface area contributed by atoms with Gasteiger partial charge in [-0.15, -0.1) is 0 Å². The molecular weight excluding hydrogens is 196 g/mol. The second-order valence-electron chi connectivity index (χ2n) is 6.41. The number of rotatable bonds is 5. The van der Waals surface area contributed by atoms with E-state index in [9.17, 15) is 0 Å². The predicted octanol–water partition coefficient (Wildman–Crippen LogP) is 2.14. The van der Waals surface area contributed by atoms with Crippen LogP contribution in [0.25, 0.3) is 0 Å². The van der Waals surface area contributed by atoms with Crippen LogP contribution < -0.4 is 11.1 Å². The predicted molar refractivity (Wildman–Crippen MR) is 67.1 cm³/mol. The van der Waals surface area contributed by atoms with Crippen LogP contribution in [0.3, 0.4) is 0 Å². The summed E-state index contributed by atoms with van der Waals surface area (Å²) in [7, 11) is 0. The van der Waals surface area contributed by atoms with Crippen molar-refractivity contribution in [3.63, 3.8) is 0 Å². The molecule has 0 heterocycles. The Balaban J connectivity index is 1.52. The number of hydrogen-bond acceptors (Lipinski definition) is 2. The molecule has 4 aliphatic carbocycles. The Morgan fingerprint density at radius 3 is 2.06 bits per heavy atom. The zero-order valence-corrected chi connectivity index (χ0v) is 10.3. The standard InChI is InChI=1S/C14H26N2/c15-3-1-2-4-16-14-12-6-10-5-11(8-12)9-13(14)7-10/h10-14,16H,1-9,15H2. The first kappa shape index (κ1) is 11.0. The SMILES string of the molecule is NCCCCNC1C2CC3CC(C2)CC1C3. The molecule has 2 nitrogen and oxygen atoms in total. The highest BCUT2D eigenvalue weighted by molar-refractivity contribution is 5.01. The molecule has 0 radical (unpaired) electrons. The molecule has 0 saturated heterocycles. The summed E-state index contributed by atoms with van der Waals surface area (Å²) in [4.78, 5) is 0. The van der Waals surface area contributed by atoms with Crippen LogP contribution >= 0.6 is 0 Å². The molecule has 0 amide bonds. The molecule has 2 heteroatoms. The van der Waals surface area contributed by atoms with Gasteiger partial charge in [-0.3, -0.25) is 0 Å². The lowest BCUT2D eigenvalue weighted by molar-refractivity contribution is -0.0135. The lowest BCUT2D eigenvalue weighted by atomic mass is 9.54. The van der Waals surface area contributed by atoms with E-state index < -0.39 is 0 Å². The van der Waals surface area contributed by atoms with E-state index in [1.807, 2.05) is 0 Å². The Hall–Kier alpha value is -0.0800. The summed E-state index contributed by atoms with van der Waals surface area (Å²) < 4.78 is 0. The van der Waals surface area contributed by atoms with Gasteiger partial charge in [0.05, 0.1) is 0 Å². The maximum absolute atomic E-state index is 5.54. The summed E-state index contributed by atoms with van der Waals surface area (Å²) in [5.41, 5.74) is 5.54. The van der Waals surface area contributed by atoms with E-state index >= 15 is 0 Å². The van der Waals surface area contributed by atoms with Gasteiger partial charge in [-0.2, -0.15) is 0 Å². The van der Waals surface area contributed by atoms with E-state index in [1.165, 1.54) is 45.1 Å². The van der Waals surface area contributed by atoms with Gasteiger partial charge < -0.3 is 11.1 Å². The first-order valence-corrected chi connectivity index (χ1v) is 7.30. The van der Waals surface area contributed by atoms with Crippen LogP contribution in [-0.2, 0) is 0 Å². The van der Waals surface area contributed by atoms with Gasteiger partial charge in [-0.1, -0.05) is 0 Å². The van der Waals surface area contributed by atoms with Crippen LogP contribution in [0, 0.1) is 23.7 Å². The maximum Gasteiger partial charge on any atom is 0.0124 e. The van der Waals surface area contributed by atoms with E-state index in [4.69, 9.17) is 5.73 Å². The molecule has 4 fully saturated rings. The van der Waals surface area contributed by atoms with E-state index in [1.54, 1.807) is 6.42 Å². The molecule has 0 aliphatic heterocycles. The normalized spacial score (nSPS) is 45.2. The molecule has 0 aromatic rings. The Labute approximate surface area is 99.4 Å². The summed E-state index contributed by atoms with van der Waals surface area (Å²) in [5, 5.41) is 3.84. The summed E-state index contributed by atoms with van der Waals surface area (Å²) >= 11 is 0. The van der Waals surface area contributed by atoms with Crippen LogP contribution in [0.15, 0.2) is 0 Å². The molecule has 0 aromatic heterocycles. The third-order valence-electron chi connectivity index (χ3n) is 5.24. The number of unbranched alkanes of at least 4 members (excludes halogenated alkanes) is 1. The second kappa shape index (κ2) is 4.66. The fraction of sp³-hybridized carbons (Fsp3) is 1.00. The van der Waals surface area contributed by atoms with Crippen molar-refractivity contribution in [3.8, 4) is 0 Å². The van der Waals surface area contributed by atoms with Crippen LogP contribution in [0.2, 0.25) is 0 Å². The van der Waals surface area contributed by atoms with Crippen LogP contribution in [0.4, 0.5) is 0 Å². The average Bonchev–Trinajstić information content (AvgIpc) is 2.26. The largest absolute Gasteiger partial charge is 0.330 e. The minimum Gasteiger partial charge on any atom is -0.330 e. The van der Waals surface area contributed by atoms with Crippen molar-refractivity contribution in [1.82, 2.24) is 5.32 Å². The fourth-order valence-corrected chi connectivity index (χ4v) is 4.80. The first-order valence-electron chi connectivity index (χ1n) is 7.30. The fourth-order valence-electron chi connectivity index (χ4n) is 4.80. The highest BCUT2D eigenvalue weighted by Gasteiger charge is 2.47. The summed E-state index contributed by atoms with van der Waals surface area (Å²) in [6.45, 7) is 2.05. The number of nitrogens with one attached hydrogen (secondary N) is 1. The van der Waals surface area contributed by atoms with Crippen molar-refractivity contribution in [2.24, 2.45) is 29.4 Å². The van der Waals surface area contributed by atoms with Gasteiger partial charge in [0.25, 0.3) is 0 Å². The van der Waals surface area contributed by atoms with E-state index in [2.05, 4.69) is 5.32 Å². The first-order chi connectivity index (χ1) is 7.86. The molecule has 92 valence electrons. The van der Waals surface area contributed by atoms with Gasteiger partial charge in [-0.25, -0.2) is 0 Å². The van der Waals surface area contributed by atoms with E-state index in [0.29, 0.717) is 0 Å². The molecule has 3 N–H and O–H groups in total. The van der Waals surface area contributed by atoms with E-state index in [0.717, 1.165) is 36.3 Å². The zero-order chi connectivity index (χ0) is 11.0. The molecule has 4 bridgehead atoms. The Morgan fingerprint density at radius 1 is 0.875 bits per heavy atom. The summed E-state index contributed by atoms with van der Waals surface area (Å²) in [5.74, 6) is 4.25. The van der Waals surface area contributed by atoms with Gasteiger partial charge in [0.1, 0.15) is 0 Å². The van der Waals surface area contributed by atoms with Gasteiger partial charge in [0.15, 0.2) is 0 Å². The van der Waals surface area contributed by atoms with Gasteiger partial charge in [-0.05, 0) is 81.7 Å². The van der Waals surface area contributed by atoms with Crippen LogP contribution in [0.5, 0.6) is 0 Å². The van der Waals surface area contributed by atoms with Crippen molar-refractivity contribution in [2.45, 2.75) is 51.0 Å². The maximum atomic E-state index is 5.54. The minimum atomic E-state index is 0.851. The van der Waals surface area contributed by atoms with Gasteiger partial charge in [0, 0.05) is 6.04 Å². The van der Waals surface area contributed by atoms with Crippen LogP contribution in [-0.4, -0.2) is 19.1 Å². The number of nitrogens with two attached hydrogens (primary N) is 1. The second-order valence-corrected chi connectivity index (χ2v) is 6.41. The van der Waals surface area contributed by atoms with Crippen LogP contribution in [0.1, 0.15) is 44.9 Å². The van der Waals surface area contributed by atoms with E-state index in [-0.39, 0.29) is 0 Å². The molecule has 0 aromatic carbocycles. The molecule has 0 atom stereocenters. The molecule has 4 aliphatic rings. The molecule has 4 rings (SSSR count). The number of hydrogen-bond donors (Lipinski definition) is 2. The topological polar surface area (TPSA) is 38.0 Å². The molecular formula is C14H26N2. The van der Waals surface area contributed by atoms with Gasteiger partial charge >= 0.3 is 0 Å².